The van der Waals surface area contributed by atoms with Crippen LogP contribution < -0.4 is 37.2 Å². The molecule has 25 nitrogen and oxygen atoms in total. The van der Waals surface area contributed by atoms with Crippen LogP contribution in [0.3, 0.4) is 0 Å². The van der Waals surface area contributed by atoms with E-state index in [0.29, 0.717) is 70.1 Å². The van der Waals surface area contributed by atoms with Crippen molar-refractivity contribution in [1.82, 2.24) is 46.2 Å². The lowest BCUT2D eigenvalue weighted by Crippen LogP contribution is -2.60. The number of likely N-dealkylation sites (tertiary alicyclic amines) is 1. The number of aliphatic carboxylic acids is 1. The van der Waals surface area contributed by atoms with Crippen LogP contribution in [0.15, 0.2) is 66.7 Å². The highest BCUT2D eigenvalue weighted by atomic mass is 16.5. The van der Waals surface area contributed by atoms with Crippen molar-refractivity contribution >= 4 is 64.9 Å². The molecular formula is C69H109N11O14. The number of rotatable bonds is 41. The van der Waals surface area contributed by atoms with Crippen LogP contribution in [0.1, 0.15) is 138 Å². The fraction of sp³-hybridized carbons (Fsp3) is 0.652. The number of imide groups is 1. The monoisotopic (exact) mass is 1320 g/mol. The maximum atomic E-state index is 14.9. The molecule has 12 unspecified atom stereocenters. The van der Waals surface area contributed by atoms with Crippen molar-refractivity contribution in [2.45, 2.75) is 200 Å². The van der Waals surface area contributed by atoms with Gasteiger partial charge in [0, 0.05) is 84.7 Å². The third kappa shape index (κ3) is 23.3. The number of nitrogens with two attached hydrogens (primary N) is 1. The highest BCUT2D eigenvalue weighted by Gasteiger charge is 2.44. The molecule has 12 atom stereocenters. The van der Waals surface area contributed by atoms with Crippen LogP contribution in [0, 0.1) is 29.6 Å². The number of urea groups is 1. The number of amides is 10. The summed E-state index contributed by atoms with van der Waals surface area (Å²) in [6.45, 7) is 18.2. The van der Waals surface area contributed by atoms with Crippen LogP contribution in [-0.2, 0) is 65.5 Å². The highest BCUT2D eigenvalue weighted by molar-refractivity contribution is 6.12. The number of aliphatic hydroxyl groups is 1. The van der Waals surface area contributed by atoms with Gasteiger partial charge in [-0.3, -0.25) is 58.3 Å². The van der Waals surface area contributed by atoms with Crippen LogP contribution in [0.5, 0.6) is 0 Å². The molecule has 2 aromatic rings. The lowest BCUT2D eigenvalue weighted by atomic mass is 9.89. The SMILES string of the molecule is CCC(C)C(C(CC(=O)N1CCCC1C(OC)C(C)C(O)NC(Cc1ccccc1)C(=O)O)OC)N(C)C(=O)C(NC(=O)C(C(C)C)N(C)CCc1ccc(N(C)C(=O)C(CCCNC(N)=O)NC(=O)C(NC(=O)CCCCCN2C(=O)C=CC2=O)C(C)C)cc1)C(C)C. The Balaban J connectivity index is 1.40. The summed E-state index contributed by atoms with van der Waals surface area (Å²) < 4.78 is 12.1. The van der Waals surface area contributed by atoms with E-state index in [4.69, 9.17) is 15.2 Å². The van der Waals surface area contributed by atoms with E-state index in [9.17, 15) is 58.2 Å². The number of aliphatic hydroxyl groups excluding tert-OH is 1. The Morgan fingerprint density at radius 3 is 1.94 bits per heavy atom. The summed E-state index contributed by atoms with van der Waals surface area (Å²) in [6, 6.07) is 10.1. The summed E-state index contributed by atoms with van der Waals surface area (Å²) in [7, 11) is 8.18. The molecule has 0 bridgehead atoms. The Labute approximate surface area is 556 Å². The van der Waals surface area contributed by atoms with E-state index in [1.165, 1.54) is 31.3 Å². The number of hydrogen-bond acceptors (Lipinski definition) is 15. The molecule has 4 rings (SSSR count). The molecule has 9 N–H and O–H groups in total. The molecule has 2 heterocycles. The molecular weight excluding hydrogens is 1210 g/mol. The third-order valence-electron chi connectivity index (χ3n) is 18.4. The number of primary amides is 1. The first-order chi connectivity index (χ1) is 44.5. The fourth-order valence-electron chi connectivity index (χ4n) is 12.7. The number of likely N-dealkylation sites (N-methyl/N-ethyl adjacent to an activating group) is 3. The van der Waals surface area contributed by atoms with Gasteiger partial charge in [-0.15, -0.1) is 0 Å². The molecule has 524 valence electrons. The molecule has 1 saturated heterocycles. The standard InChI is InChI=1S/C69H109N11O14/c1-15-45(8)61(53(93-13)41-57(84)79-38-23-27-52(79)62(94-14)46(9)63(85)73-51(68(90)91)40-48-24-18-16-19-25-48)78(12)67(89)59(43(4)5)75-65(87)60(44(6)7)76(10)39-35-47-29-31-49(32-30-47)77(11)66(88)50(26-22-36-71-69(70)92)72-64(86)58(42(2)3)74-54(81)28-20-17-21-37-80-55(82)33-34-56(80)83/h16,18-19,24-25,29-34,42-46,50-53,58-63,73,85H,15,17,20-23,26-28,35-41H2,1-14H3,(H,72,86)(H,74,81)(H,75,87)(H,90,91)(H3,70,71,92). The number of nitrogens with zero attached hydrogens (tertiary/aromatic N) is 5. The Hall–Kier alpha value is -7.32. The molecule has 2 aromatic carbocycles. The zero-order valence-corrected chi connectivity index (χ0v) is 57.9. The Kier molecular flexibility index (Phi) is 32.7. The fourth-order valence-corrected chi connectivity index (χ4v) is 12.7. The number of hydrogen-bond donors (Lipinski definition) is 8. The summed E-state index contributed by atoms with van der Waals surface area (Å²) in [5, 5.41) is 35.7. The first kappa shape index (κ1) is 79.1. The van der Waals surface area contributed by atoms with Gasteiger partial charge in [-0.25, -0.2) is 4.79 Å². The minimum absolute atomic E-state index is 0.0674. The third-order valence-corrected chi connectivity index (χ3v) is 18.4. The number of carboxylic acid groups (broad SMARTS) is 1. The summed E-state index contributed by atoms with van der Waals surface area (Å²) in [5.74, 6) is -5.67. The molecule has 25 heteroatoms. The van der Waals surface area contributed by atoms with Crippen molar-refractivity contribution in [2.75, 3.05) is 66.4 Å². The van der Waals surface area contributed by atoms with Gasteiger partial charge in [0.2, 0.25) is 35.4 Å². The van der Waals surface area contributed by atoms with E-state index in [1.807, 2.05) is 96.0 Å². The number of methoxy groups -OCH3 is 2. The second-order valence-electron chi connectivity index (χ2n) is 26.3. The van der Waals surface area contributed by atoms with E-state index < -0.39 is 90.5 Å². The summed E-state index contributed by atoms with van der Waals surface area (Å²) in [6.07, 6.45) is 4.40. The van der Waals surface area contributed by atoms with E-state index in [1.54, 1.807) is 56.8 Å². The van der Waals surface area contributed by atoms with Crippen molar-refractivity contribution in [1.29, 1.82) is 0 Å². The van der Waals surface area contributed by atoms with Crippen molar-refractivity contribution in [3.05, 3.63) is 77.9 Å². The smallest absolute Gasteiger partial charge is 0.321 e. The first-order valence-electron chi connectivity index (χ1n) is 33.3. The number of anilines is 1. The average Bonchev–Trinajstić information content (AvgIpc) is 1.33. The Morgan fingerprint density at radius 1 is 0.734 bits per heavy atom. The van der Waals surface area contributed by atoms with E-state index in [-0.39, 0.29) is 97.9 Å². The van der Waals surface area contributed by atoms with Crippen LogP contribution in [0.25, 0.3) is 0 Å². The molecule has 0 radical (unpaired) electrons. The summed E-state index contributed by atoms with van der Waals surface area (Å²) >= 11 is 0. The second kappa shape index (κ2) is 38.9. The zero-order chi connectivity index (χ0) is 70.1. The molecule has 2 aliphatic rings. The Bertz CT molecular complexity index is 2820. The van der Waals surface area contributed by atoms with Gasteiger partial charge in [0.15, 0.2) is 0 Å². The lowest BCUT2D eigenvalue weighted by molar-refractivity contribution is -0.148. The number of benzene rings is 2. The van der Waals surface area contributed by atoms with E-state index in [0.717, 1.165) is 16.0 Å². The molecule has 1 fully saturated rings. The molecule has 94 heavy (non-hydrogen) atoms. The lowest BCUT2D eigenvalue weighted by Gasteiger charge is -2.41. The molecule has 0 spiro atoms. The van der Waals surface area contributed by atoms with Crippen LogP contribution in [0.4, 0.5) is 10.5 Å². The van der Waals surface area contributed by atoms with Gasteiger partial charge in [0.1, 0.15) is 30.4 Å². The molecule has 2 aliphatic heterocycles. The number of carboxylic acids is 1. The minimum Gasteiger partial charge on any atom is -0.480 e. The average molecular weight is 1320 g/mol. The maximum absolute atomic E-state index is 14.9. The van der Waals surface area contributed by atoms with E-state index in [2.05, 4.69) is 26.6 Å². The second-order valence-corrected chi connectivity index (χ2v) is 26.3. The predicted octanol–water partition coefficient (Wildman–Crippen LogP) is 4.37. The summed E-state index contributed by atoms with van der Waals surface area (Å²) in [4.78, 5) is 141. The van der Waals surface area contributed by atoms with Crippen LogP contribution in [-0.4, -0.2) is 211 Å². The number of nitrogens with one attached hydrogen (secondary N) is 5. The number of carbonyl (C=O) groups excluding carboxylic acids is 9. The number of ether oxygens (including phenoxy) is 2. The number of unbranched alkanes of at least 4 members (excludes halogenated alkanes) is 2. The minimum atomic E-state index is -1.28. The van der Waals surface area contributed by atoms with Crippen molar-refractivity contribution in [3.8, 4) is 0 Å². The van der Waals surface area contributed by atoms with Gasteiger partial charge in [0.05, 0.1) is 36.8 Å². The first-order valence-corrected chi connectivity index (χ1v) is 33.3. The van der Waals surface area contributed by atoms with Crippen molar-refractivity contribution < 1.29 is 67.6 Å². The molecule has 0 aliphatic carbocycles. The normalized spacial score (nSPS) is 17.6. The van der Waals surface area contributed by atoms with Gasteiger partial charge in [-0.2, -0.15) is 0 Å². The Morgan fingerprint density at radius 2 is 1.37 bits per heavy atom. The van der Waals surface area contributed by atoms with Gasteiger partial charge in [-0.05, 0) is 105 Å². The van der Waals surface area contributed by atoms with Gasteiger partial charge >= 0.3 is 12.0 Å². The topological polar surface area (TPSA) is 332 Å². The maximum Gasteiger partial charge on any atom is 0.321 e. The van der Waals surface area contributed by atoms with Crippen LogP contribution in [0.2, 0.25) is 0 Å². The summed E-state index contributed by atoms with van der Waals surface area (Å²) in [5.41, 5.74) is 7.53. The quantitative estimate of drug-likeness (QED) is 0.0260. The zero-order valence-electron chi connectivity index (χ0n) is 57.9. The predicted molar refractivity (Wildman–Crippen MR) is 358 cm³/mol. The van der Waals surface area contributed by atoms with Gasteiger partial charge in [-0.1, -0.05) is 118 Å². The van der Waals surface area contributed by atoms with Crippen molar-refractivity contribution in [2.24, 2.45) is 35.3 Å². The highest BCUT2D eigenvalue weighted by Crippen LogP contribution is 2.31. The number of carbonyl (C=O) groups is 10. The van der Waals surface area contributed by atoms with Gasteiger partial charge in [0.25, 0.3) is 11.8 Å². The van der Waals surface area contributed by atoms with E-state index >= 15 is 0 Å². The van der Waals surface area contributed by atoms with Crippen LogP contribution >= 0.6 is 0 Å². The van der Waals surface area contributed by atoms with Crippen molar-refractivity contribution in [3.63, 3.8) is 0 Å². The molecule has 0 saturated carbocycles. The molecule has 10 amide bonds. The largest absolute Gasteiger partial charge is 0.480 e. The van der Waals surface area contributed by atoms with Gasteiger partial charge < -0.3 is 61.4 Å². The molecule has 0 aromatic heterocycles.